The van der Waals surface area contributed by atoms with E-state index in [0.29, 0.717) is 18.1 Å². The summed E-state index contributed by atoms with van der Waals surface area (Å²) in [6.45, 7) is 6.59. The van der Waals surface area contributed by atoms with Gasteiger partial charge in [0.25, 0.3) is 0 Å². The Morgan fingerprint density at radius 2 is 1.12 bits per heavy atom. The minimum Gasteiger partial charge on any atom is -0.427 e. The van der Waals surface area contributed by atoms with Crippen molar-refractivity contribution in [3.63, 3.8) is 0 Å². The van der Waals surface area contributed by atoms with Crippen LogP contribution in [0.4, 0.5) is 0 Å². The summed E-state index contributed by atoms with van der Waals surface area (Å²) in [7, 11) is 0. The van der Waals surface area contributed by atoms with Gasteiger partial charge in [-0.15, -0.1) is 0 Å². The fraction of sp³-hybridized carbons (Fsp3) is 0.781. The predicted molar refractivity (Wildman–Crippen MR) is 149 cm³/mol. The van der Waals surface area contributed by atoms with Gasteiger partial charge < -0.3 is 4.74 Å². The summed E-state index contributed by atoms with van der Waals surface area (Å²) in [5.41, 5.74) is 1.13. The SMILES string of the molecule is CCCCCCCCCCCCC(CCCCCCCCCC)CC(=O)Oc1cccc(C)c1. The normalized spacial score (nSPS) is 12.1. The monoisotopic (exact) mass is 472 g/mol. The number of benzene rings is 1. The fourth-order valence-corrected chi connectivity index (χ4v) is 4.92. The third kappa shape index (κ3) is 18.1. The van der Waals surface area contributed by atoms with Gasteiger partial charge in [-0.05, 0) is 43.4 Å². The van der Waals surface area contributed by atoms with Crippen LogP contribution in [-0.4, -0.2) is 5.97 Å². The van der Waals surface area contributed by atoms with Crippen LogP contribution in [0.3, 0.4) is 0 Å². The second-order valence-electron chi connectivity index (χ2n) is 10.6. The highest BCUT2D eigenvalue weighted by Crippen LogP contribution is 2.24. The quantitative estimate of drug-likeness (QED) is 0.0899. The molecule has 0 saturated heterocycles. The molecule has 0 N–H and O–H groups in total. The molecule has 0 amide bonds. The lowest BCUT2D eigenvalue weighted by Crippen LogP contribution is -2.14. The van der Waals surface area contributed by atoms with E-state index in [1.807, 2.05) is 31.2 Å². The van der Waals surface area contributed by atoms with Gasteiger partial charge in [-0.3, -0.25) is 4.79 Å². The van der Waals surface area contributed by atoms with Crippen LogP contribution in [0.15, 0.2) is 24.3 Å². The molecule has 0 saturated carbocycles. The van der Waals surface area contributed by atoms with E-state index < -0.39 is 0 Å². The maximum absolute atomic E-state index is 12.6. The summed E-state index contributed by atoms with van der Waals surface area (Å²) in [5.74, 6) is 1.11. The second kappa shape index (κ2) is 22.2. The Morgan fingerprint density at radius 1 is 0.676 bits per heavy atom. The van der Waals surface area contributed by atoms with Crippen molar-refractivity contribution < 1.29 is 9.53 Å². The first kappa shape index (κ1) is 30.7. The molecule has 0 aliphatic carbocycles. The molecular weight excluding hydrogens is 416 g/mol. The highest BCUT2D eigenvalue weighted by atomic mass is 16.5. The van der Waals surface area contributed by atoms with Gasteiger partial charge in [-0.1, -0.05) is 142 Å². The highest BCUT2D eigenvalue weighted by Gasteiger charge is 2.15. The van der Waals surface area contributed by atoms with Crippen LogP contribution in [0.5, 0.6) is 5.75 Å². The van der Waals surface area contributed by atoms with E-state index in [1.54, 1.807) is 0 Å². The molecule has 0 aliphatic heterocycles. The van der Waals surface area contributed by atoms with Crippen LogP contribution in [-0.2, 0) is 4.79 Å². The van der Waals surface area contributed by atoms with E-state index in [9.17, 15) is 4.79 Å². The van der Waals surface area contributed by atoms with Crippen molar-refractivity contribution in [2.24, 2.45) is 5.92 Å². The van der Waals surface area contributed by atoms with Gasteiger partial charge in [-0.2, -0.15) is 0 Å². The van der Waals surface area contributed by atoms with Gasteiger partial charge in [0.2, 0.25) is 0 Å². The molecule has 1 aromatic carbocycles. The largest absolute Gasteiger partial charge is 0.427 e. The Labute approximate surface area is 212 Å². The number of unbranched alkanes of at least 4 members (excludes halogenated alkanes) is 16. The minimum absolute atomic E-state index is 0.0535. The lowest BCUT2D eigenvalue weighted by Gasteiger charge is -2.16. The smallest absolute Gasteiger partial charge is 0.311 e. The third-order valence-electron chi connectivity index (χ3n) is 7.11. The number of esters is 1. The Morgan fingerprint density at radius 3 is 1.56 bits per heavy atom. The maximum Gasteiger partial charge on any atom is 0.311 e. The zero-order valence-corrected chi connectivity index (χ0v) is 23.1. The average molecular weight is 473 g/mol. The van der Waals surface area contributed by atoms with Gasteiger partial charge in [-0.25, -0.2) is 0 Å². The van der Waals surface area contributed by atoms with Crippen LogP contribution in [0.25, 0.3) is 0 Å². The van der Waals surface area contributed by atoms with Gasteiger partial charge >= 0.3 is 5.97 Å². The lowest BCUT2D eigenvalue weighted by molar-refractivity contribution is -0.135. The first-order valence-electron chi connectivity index (χ1n) is 14.9. The standard InChI is InChI=1S/C32H56O2/c1-4-6-8-10-12-14-15-17-19-21-25-30(24-20-18-16-13-11-9-7-5-2)28-32(33)34-31-26-22-23-29(3)27-31/h22-23,26-27,30H,4-21,24-25,28H2,1-3H3. The van der Waals surface area contributed by atoms with Crippen molar-refractivity contribution in [1.82, 2.24) is 0 Å². The molecule has 1 aromatic rings. The first-order chi connectivity index (χ1) is 16.7. The molecule has 2 nitrogen and oxygen atoms in total. The van der Waals surface area contributed by atoms with Crippen LogP contribution in [0.2, 0.25) is 0 Å². The van der Waals surface area contributed by atoms with Crippen LogP contribution in [0.1, 0.15) is 154 Å². The van der Waals surface area contributed by atoms with Crippen molar-refractivity contribution in [2.75, 3.05) is 0 Å². The maximum atomic E-state index is 12.6. The summed E-state index contributed by atoms with van der Waals surface area (Å²) in [6, 6.07) is 7.84. The number of carbonyl (C=O) groups excluding carboxylic acids is 1. The molecule has 0 fully saturated rings. The summed E-state index contributed by atoms with van der Waals surface area (Å²) in [6.07, 6.45) is 27.4. The highest BCUT2D eigenvalue weighted by molar-refractivity contribution is 5.72. The molecule has 0 heterocycles. The second-order valence-corrected chi connectivity index (χ2v) is 10.6. The number of ether oxygens (including phenoxy) is 1. The zero-order chi connectivity index (χ0) is 24.7. The fourth-order valence-electron chi connectivity index (χ4n) is 4.92. The predicted octanol–water partition coefficient (Wildman–Crippen LogP) is 10.7. The Hall–Kier alpha value is -1.31. The summed E-state index contributed by atoms with van der Waals surface area (Å²) >= 11 is 0. The molecule has 1 atom stereocenters. The Kier molecular flexibility index (Phi) is 20.0. The lowest BCUT2D eigenvalue weighted by atomic mass is 9.91. The number of carbonyl (C=O) groups is 1. The first-order valence-corrected chi connectivity index (χ1v) is 14.9. The summed E-state index contributed by atoms with van der Waals surface area (Å²) < 4.78 is 5.67. The Balaban J connectivity index is 2.28. The summed E-state index contributed by atoms with van der Waals surface area (Å²) in [5, 5.41) is 0. The van der Waals surface area contributed by atoms with Crippen molar-refractivity contribution in [1.29, 1.82) is 0 Å². The zero-order valence-electron chi connectivity index (χ0n) is 23.1. The third-order valence-corrected chi connectivity index (χ3v) is 7.11. The number of rotatable bonds is 23. The summed E-state index contributed by atoms with van der Waals surface area (Å²) in [4.78, 5) is 12.6. The molecule has 0 spiro atoms. The number of hydrogen-bond donors (Lipinski definition) is 0. The molecule has 0 bridgehead atoms. The van der Waals surface area contributed by atoms with E-state index >= 15 is 0 Å². The molecule has 0 aromatic heterocycles. The van der Waals surface area contributed by atoms with Crippen LogP contribution >= 0.6 is 0 Å². The number of hydrogen-bond acceptors (Lipinski definition) is 2. The molecule has 2 heteroatoms. The van der Waals surface area contributed by atoms with E-state index in [0.717, 1.165) is 5.56 Å². The molecule has 1 unspecified atom stereocenters. The van der Waals surface area contributed by atoms with E-state index in [4.69, 9.17) is 4.74 Å². The molecule has 1 rings (SSSR count). The van der Waals surface area contributed by atoms with Crippen molar-refractivity contribution in [3.05, 3.63) is 29.8 Å². The van der Waals surface area contributed by atoms with Gasteiger partial charge in [0, 0.05) is 6.42 Å². The molecule has 196 valence electrons. The number of aryl methyl sites for hydroxylation is 1. The molecule has 34 heavy (non-hydrogen) atoms. The Bertz CT molecular complexity index is 594. The van der Waals surface area contributed by atoms with Gasteiger partial charge in [0.15, 0.2) is 0 Å². The van der Waals surface area contributed by atoms with Crippen molar-refractivity contribution in [2.45, 2.75) is 156 Å². The van der Waals surface area contributed by atoms with Crippen LogP contribution in [0, 0.1) is 12.8 Å². The van der Waals surface area contributed by atoms with Crippen LogP contribution < -0.4 is 4.74 Å². The van der Waals surface area contributed by atoms with Crippen molar-refractivity contribution in [3.8, 4) is 5.75 Å². The average Bonchev–Trinajstić information content (AvgIpc) is 2.81. The van der Waals surface area contributed by atoms with Gasteiger partial charge in [0.05, 0.1) is 0 Å². The molecular formula is C32H56O2. The van der Waals surface area contributed by atoms with E-state index in [1.165, 1.54) is 128 Å². The van der Waals surface area contributed by atoms with E-state index in [2.05, 4.69) is 13.8 Å². The van der Waals surface area contributed by atoms with E-state index in [-0.39, 0.29) is 5.97 Å². The topological polar surface area (TPSA) is 26.3 Å². The van der Waals surface area contributed by atoms with Crippen molar-refractivity contribution >= 4 is 5.97 Å². The molecule has 0 radical (unpaired) electrons. The molecule has 0 aliphatic rings. The minimum atomic E-state index is -0.0535. The van der Waals surface area contributed by atoms with Gasteiger partial charge in [0.1, 0.15) is 5.75 Å².